The van der Waals surface area contributed by atoms with Gasteiger partial charge in [0.2, 0.25) is 0 Å². The molecule has 0 unspecified atom stereocenters. The summed E-state index contributed by atoms with van der Waals surface area (Å²) in [5.74, 6) is 0. The lowest BCUT2D eigenvalue weighted by molar-refractivity contribution is 1.23. The maximum absolute atomic E-state index is 5.40. The molecule has 0 saturated heterocycles. The summed E-state index contributed by atoms with van der Waals surface area (Å²) in [6.45, 7) is 6.15. The summed E-state index contributed by atoms with van der Waals surface area (Å²) in [6.07, 6.45) is 0. The molecule has 0 aliphatic heterocycles. The molecule has 0 saturated carbocycles. The van der Waals surface area contributed by atoms with Gasteiger partial charge in [-0.15, -0.1) is 0 Å². The Bertz CT molecular complexity index is 2740. The Kier molecular flexibility index (Phi) is 7.55. The molecular formula is C50H37N. The Balaban J connectivity index is 0.00000171. The zero-order valence-corrected chi connectivity index (χ0v) is 29.1. The van der Waals surface area contributed by atoms with Gasteiger partial charge in [-0.3, -0.25) is 4.98 Å². The van der Waals surface area contributed by atoms with E-state index in [1.54, 1.807) is 0 Å². The molecule has 0 amide bonds. The Labute approximate surface area is 299 Å². The average Bonchev–Trinajstić information content (AvgIpc) is 3.52. The van der Waals surface area contributed by atoms with Gasteiger partial charge in [0.25, 0.3) is 0 Å². The quantitative estimate of drug-likeness (QED) is 0.185. The zero-order valence-electron chi connectivity index (χ0n) is 29.1. The standard InChI is InChI=1S/C48H31N.C2H6/c1-30-42(31-16-5-2-6-17-31)38-25-13-14-26-39(38)48(49-30)35-28-34-22-15-27-40-43(34)41(29-35)47-45(33-20-9-4-10-21-33)37-24-12-11-23-36(37)44(46(40)47)32-18-7-3-8-19-32;1-2/h2-29H,1H3;1-2H3. The summed E-state index contributed by atoms with van der Waals surface area (Å²) in [6, 6.07) is 61.8. The van der Waals surface area contributed by atoms with Gasteiger partial charge in [-0.2, -0.15) is 0 Å². The summed E-state index contributed by atoms with van der Waals surface area (Å²) in [4.78, 5) is 5.40. The van der Waals surface area contributed by atoms with E-state index in [0.29, 0.717) is 0 Å². The Morgan fingerprint density at radius 1 is 0.353 bits per heavy atom. The molecule has 0 N–H and O–H groups in total. The van der Waals surface area contributed by atoms with Crippen LogP contribution in [-0.4, -0.2) is 4.98 Å². The third-order valence-electron chi connectivity index (χ3n) is 10.3. The van der Waals surface area contributed by atoms with Crippen LogP contribution in [0, 0.1) is 6.92 Å². The number of hydrogen-bond donors (Lipinski definition) is 0. The normalized spacial score (nSPS) is 11.4. The van der Waals surface area contributed by atoms with E-state index in [-0.39, 0.29) is 0 Å². The van der Waals surface area contributed by atoms with E-state index >= 15 is 0 Å². The van der Waals surface area contributed by atoms with Crippen LogP contribution in [0.4, 0.5) is 0 Å². The number of aryl methyl sites for hydroxylation is 1. The first-order chi connectivity index (χ1) is 25.3. The van der Waals surface area contributed by atoms with E-state index in [1.807, 2.05) is 13.8 Å². The number of hydrogen-bond acceptors (Lipinski definition) is 1. The largest absolute Gasteiger partial charge is 0.252 e. The summed E-state index contributed by atoms with van der Waals surface area (Å²) in [5, 5.41) is 7.48. The molecular weight excluding hydrogens is 615 g/mol. The van der Waals surface area contributed by atoms with Crippen LogP contribution >= 0.6 is 0 Å². The topological polar surface area (TPSA) is 12.9 Å². The number of nitrogens with zero attached hydrogens (tertiary/aromatic N) is 1. The van der Waals surface area contributed by atoms with Crippen LogP contribution in [0.1, 0.15) is 19.5 Å². The first kappa shape index (κ1) is 30.7. The summed E-state index contributed by atoms with van der Waals surface area (Å²) in [7, 11) is 0. The third kappa shape index (κ3) is 4.81. The van der Waals surface area contributed by atoms with Crippen molar-refractivity contribution in [3.63, 3.8) is 0 Å². The van der Waals surface area contributed by atoms with Crippen LogP contribution in [0.2, 0.25) is 0 Å². The average molecular weight is 652 g/mol. The minimum atomic E-state index is 1.02. The lowest BCUT2D eigenvalue weighted by atomic mass is 9.82. The van der Waals surface area contributed by atoms with Gasteiger partial charge in [0.05, 0.1) is 5.69 Å². The number of fused-ring (bicyclic) bond motifs is 5. The van der Waals surface area contributed by atoms with E-state index in [1.165, 1.54) is 88.0 Å². The van der Waals surface area contributed by atoms with Crippen molar-refractivity contribution in [1.82, 2.24) is 4.98 Å². The van der Waals surface area contributed by atoms with Crippen LogP contribution in [0.3, 0.4) is 0 Å². The predicted molar refractivity (Wildman–Crippen MR) is 219 cm³/mol. The summed E-state index contributed by atoms with van der Waals surface area (Å²) >= 11 is 0. The van der Waals surface area contributed by atoms with Crippen molar-refractivity contribution in [2.75, 3.05) is 0 Å². The molecule has 1 heteroatoms. The van der Waals surface area contributed by atoms with Crippen LogP contribution in [0.25, 0.3) is 99.2 Å². The highest BCUT2D eigenvalue weighted by atomic mass is 14.7. The van der Waals surface area contributed by atoms with Crippen LogP contribution in [-0.2, 0) is 0 Å². The molecule has 9 aromatic rings. The van der Waals surface area contributed by atoms with Crippen molar-refractivity contribution in [1.29, 1.82) is 0 Å². The molecule has 0 spiro atoms. The first-order valence-electron chi connectivity index (χ1n) is 18.0. The first-order valence-corrected chi connectivity index (χ1v) is 18.0. The number of benzene rings is 8. The van der Waals surface area contributed by atoms with Crippen molar-refractivity contribution in [3.05, 3.63) is 176 Å². The maximum Gasteiger partial charge on any atom is 0.0784 e. The van der Waals surface area contributed by atoms with E-state index in [2.05, 4.69) is 177 Å². The van der Waals surface area contributed by atoms with E-state index < -0.39 is 0 Å². The fraction of sp³-hybridized carbons (Fsp3) is 0.0600. The van der Waals surface area contributed by atoms with E-state index in [0.717, 1.165) is 17.0 Å². The molecule has 242 valence electrons. The molecule has 0 atom stereocenters. The molecule has 1 nitrogen and oxygen atoms in total. The van der Waals surface area contributed by atoms with Crippen molar-refractivity contribution < 1.29 is 0 Å². The van der Waals surface area contributed by atoms with Gasteiger partial charge in [-0.05, 0) is 96.1 Å². The minimum absolute atomic E-state index is 1.02. The van der Waals surface area contributed by atoms with E-state index in [9.17, 15) is 0 Å². The second-order valence-electron chi connectivity index (χ2n) is 13.0. The molecule has 0 fully saturated rings. The smallest absolute Gasteiger partial charge is 0.0784 e. The molecule has 8 aromatic carbocycles. The van der Waals surface area contributed by atoms with Crippen molar-refractivity contribution >= 4 is 32.3 Å². The van der Waals surface area contributed by atoms with Gasteiger partial charge in [0.15, 0.2) is 0 Å². The SMILES string of the molecule is CC.Cc1nc(-c2cc3c4c(cccc4c2)-c2c-3c(-c3ccccc3)c3ccccc3c2-c2ccccc2)c2ccccc2c1-c1ccccc1. The molecule has 10 rings (SSSR count). The number of pyridine rings is 1. The maximum atomic E-state index is 5.40. The summed E-state index contributed by atoms with van der Waals surface area (Å²) in [5.41, 5.74) is 15.8. The molecule has 0 radical (unpaired) electrons. The predicted octanol–water partition coefficient (Wildman–Crippen LogP) is 14.2. The van der Waals surface area contributed by atoms with Gasteiger partial charge in [-0.25, -0.2) is 0 Å². The van der Waals surface area contributed by atoms with Crippen LogP contribution < -0.4 is 0 Å². The van der Waals surface area contributed by atoms with Crippen molar-refractivity contribution in [2.45, 2.75) is 20.8 Å². The summed E-state index contributed by atoms with van der Waals surface area (Å²) < 4.78 is 0. The Morgan fingerprint density at radius 2 is 0.804 bits per heavy atom. The second kappa shape index (κ2) is 12.5. The zero-order chi connectivity index (χ0) is 34.5. The number of rotatable bonds is 4. The van der Waals surface area contributed by atoms with Gasteiger partial charge in [0.1, 0.15) is 0 Å². The lowest BCUT2D eigenvalue weighted by Crippen LogP contribution is -1.96. The molecule has 0 bridgehead atoms. The van der Waals surface area contributed by atoms with Crippen molar-refractivity contribution in [2.24, 2.45) is 0 Å². The van der Waals surface area contributed by atoms with E-state index in [4.69, 9.17) is 4.98 Å². The lowest BCUT2D eigenvalue weighted by Gasteiger charge is -2.20. The number of aromatic nitrogens is 1. The molecule has 51 heavy (non-hydrogen) atoms. The third-order valence-corrected chi connectivity index (χ3v) is 10.3. The molecule has 1 heterocycles. The van der Waals surface area contributed by atoms with Crippen LogP contribution in [0.5, 0.6) is 0 Å². The monoisotopic (exact) mass is 651 g/mol. The highest BCUT2D eigenvalue weighted by Crippen LogP contribution is 2.58. The fourth-order valence-electron chi connectivity index (χ4n) is 8.33. The molecule has 1 aliphatic rings. The van der Waals surface area contributed by atoms with Gasteiger partial charge in [0, 0.05) is 22.2 Å². The molecule has 1 aromatic heterocycles. The van der Waals surface area contributed by atoms with Crippen LogP contribution in [0.15, 0.2) is 170 Å². The minimum Gasteiger partial charge on any atom is -0.252 e. The Morgan fingerprint density at radius 3 is 1.35 bits per heavy atom. The Hall–Kier alpha value is -6.31. The second-order valence-corrected chi connectivity index (χ2v) is 13.0. The van der Waals surface area contributed by atoms with Crippen molar-refractivity contribution in [3.8, 4) is 66.9 Å². The highest BCUT2D eigenvalue weighted by molar-refractivity contribution is 6.28. The fourth-order valence-corrected chi connectivity index (χ4v) is 8.33. The van der Waals surface area contributed by atoms with Gasteiger partial charge < -0.3 is 0 Å². The highest BCUT2D eigenvalue weighted by Gasteiger charge is 2.31. The van der Waals surface area contributed by atoms with Gasteiger partial charge in [-0.1, -0.05) is 172 Å². The van der Waals surface area contributed by atoms with Gasteiger partial charge >= 0.3 is 0 Å². The molecule has 1 aliphatic carbocycles.